The van der Waals surface area contributed by atoms with Gasteiger partial charge in [-0.3, -0.25) is 4.90 Å². The molecule has 4 nitrogen and oxygen atoms in total. The third kappa shape index (κ3) is 6.15. The van der Waals surface area contributed by atoms with Crippen molar-refractivity contribution in [2.24, 2.45) is 5.41 Å². The van der Waals surface area contributed by atoms with E-state index < -0.39 is 0 Å². The quantitative estimate of drug-likeness (QED) is 0.278. The number of imidazole rings is 1. The van der Waals surface area contributed by atoms with Crippen LogP contribution in [0.5, 0.6) is 0 Å². The molecule has 0 radical (unpaired) electrons. The number of nitrogens with one attached hydrogen (secondary N) is 1. The summed E-state index contributed by atoms with van der Waals surface area (Å²) in [6.45, 7) is 9.10. The van der Waals surface area contributed by atoms with Crippen molar-refractivity contribution in [3.63, 3.8) is 0 Å². The molecule has 5 rings (SSSR count). The normalized spacial score (nSPS) is 14.2. The molecule has 1 aliphatic rings. The summed E-state index contributed by atoms with van der Waals surface area (Å²) >= 11 is 6.64. The summed E-state index contributed by atoms with van der Waals surface area (Å²) in [5.74, 6) is 0.803. The van der Waals surface area contributed by atoms with Gasteiger partial charge in [-0.05, 0) is 72.3 Å². The van der Waals surface area contributed by atoms with Crippen LogP contribution >= 0.6 is 11.6 Å². The summed E-state index contributed by atoms with van der Waals surface area (Å²) in [6, 6.07) is 23.4. The Balaban J connectivity index is 1.34. The second-order valence-corrected chi connectivity index (χ2v) is 11.8. The average Bonchev–Trinajstić information content (AvgIpc) is 3.35. The van der Waals surface area contributed by atoms with Crippen LogP contribution in [0.2, 0.25) is 5.02 Å². The van der Waals surface area contributed by atoms with Gasteiger partial charge in [-0.25, -0.2) is 4.98 Å². The van der Waals surface area contributed by atoms with E-state index in [0.29, 0.717) is 5.02 Å². The lowest BCUT2D eigenvalue weighted by molar-refractivity contribution is 0.134. The molecule has 2 heterocycles. The molecule has 192 valence electrons. The summed E-state index contributed by atoms with van der Waals surface area (Å²) < 4.78 is 0. The zero-order valence-corrected chi connectivity index (χ0v) is 23.1. The molecule has 1 aromatic heterocycles. The fourth-order valence-electron chi connectivity index (χ4n) is 5.87. The predicted molar refractivity (Wildman–Crippen MR) is 155 cm³/mol. The molecular weight excluding hydrogens is 476 g/mol. The Kier molecular flexibility index (Phi) is 7.52. The molecule has 4 aromatic rings. The molecule has 0 saturated carbocycles. The second-order valence-electron chi connectivity index (χ2n) is 11.4. The molecular formula is C32H37ClN4. The number of rotatable bonds is 8. The van der Waals surface area contributed by atoms with Crippen molar-refractivity contribution < 1.29 is 0 Å². The number of H-pyrrole nitrogens is 1. The number of nitrogens with zero attached hydrogens (tertiary/aromatic N) is 3. The van der Waals surface area contributed by atoms with Crippen molar-refractivity contribution in [2.75, 3.05) is 33.7 Å². The van der Waals surface area contributed by atoms with Crippen LogP contribution in [0.1, 0.15) is 36.1 Å². The van der Waals surface area contributed by atoms with E-state index in [2.05, 4.69) is 90.2 Å². The third-order valence-electron chi connectivity index (χ3n) is 7.18. The van der Waals surface area contributed by atoms with Crippen LogP contribution in [-0.2, 0) is 19.4 Å². The van der Waals surface area contributed by atoms with Gasteiger partial charge in [-0.2, -0.15) is 0 Å². The molecule has 0 bridgehead atoms. The fraction of sp³-hybridized carbons (Fsp3) is 0.344. The molecule has 0 unspecified atom stereocenters. The lowest BCUT2D eigenvalue weighted by atomic mass is 9.88. The highest BCUT2D eigenvalue weighted by Gasteiger charge is 2.26. The molecule has 0 spiro atoms. The van der Waals surface area contributed by atoms with Crippen LogP contribution in [0.15, 0.2) is 72.9 Å². The summed E-state index contributed by atoms with van der Waals surface area (Å²) in [5.41, 5.74) is 8.98. The molecule has 0 aliphatic carbocycles. The molecule has 1 aliphatic heterocycles. The maximum atomic E-state index is 6.64. The van der Waals surface area contributed by atoms with Crippen molar-refractivity contribution in [3.05, 3.63) is 100 Å². The van der Waals surface area contributed by atoms with Gasteiger partial charge in [-0.1, -0.05) is 80.0 Å². The van der Waals surface area contributed by atoms with E-state index in [0.717, 1.165) is 61.7 Å². The highest BCUT2D eigenvalue weighted by Crippen LogP contribution is 2.31. The van der Waals surface area contributed by atoms with E-state index in [9.17, 15) is 0 Å². The number of aromatic amines is 1. The first-order valence-electron chi connectivity index (χ1n) is 13.1. The van der Waals surface area contributed by atoms with Crippen LogP contribution in [0.4, 0.5) is 0 Å². The van der Waals surface area contributed by atoms with Gasteiger partial charge < -0.3 is 9.88 Å². The molecule has 1 N–H and O–H groups in total. The van der Waals surface area contributed by atoms with Gasteiger partial charge >= 0.3 is 0 Å². The molecule has 3 aromatic carbocycles. The Morgan fingerprint density at radius 1 is 1.03 bits per heavy atom. The highest BCUT2D eigenvalue weighted by atomic mass is 35.5. The minimum atomic E-state index is 0.268. The minimum Gasteiger partial charge on any atom is -0.338 e. The van der Waals surface area contributed by atoms with E-state index >= 15 is 0 Å². The van der Waals surface area contributed by atoms with Crippen molar-refractivity contribution in [1.82, 2.24) is 19.8 Å². The first-order chi connectivity index (χ1) is 17.8. The Hall–Kier alpha value is -2.92. The molecule has 0 fully saturated rings. The monoisotopic (exact) mass is 512 g/mol. The van der Waals surface area contributed by atoms with Crippen molar-refractivity contribution in [1.29, 1.82) is 0 Å². The SMILES string of the molecule is CN(C)CC(C)(C)CN1CCc2c(Cc3ccc(Cl)c(-c4ncc(-c5ccccc5)[nH]4)c3)cccc2C1. The summed E-state index contributed by atoms with van der Waals surface area (Å²) in [6.07, 6.45) is 3.88. The standard InChI is InChI=1S/C32H37ClN4/c1-32(2,21-36(3)4)22-37-16-15-27-25(11-8-12-26(27)20-37)17-23-13-14-29(33)28(18-23)31-34-19-30(35-31)24-9-6-5-7-10-24/h5-14,18-19H,15-17,20-22H2,1-4H3,(H,34,35). The van der Waals surface area contributed by atoms with Crippen molar-refractivity contribution in [3.8, 4) is 22.6 Å². The van der Waals surface area contributed by atoms with E-state index in [1.54, 1.807) is 0 Å². The summed E-state index contributed by atoms with van der Waals surface area (Å²) in [4.78, 5) is 13.0. The zero-order chi connectivity index (χ0) is 26.0. The number of hydrogen-bond donors (Lipinski definition) is 1. The van der Waals surface area contributed by atoms with Crippen molar-refractivity contribution in [2.45, 2.75) is 33.2 Å². The summed E-state index contributed by atoms with van der Waals surface area (Å²) in [7, 11) is 4.32. The molecule has 5 heteroatoms. The van der Waals surface area contributed by atoms with Gasteiger partial charge in [0.25, 0.3) is 0 Å². The van der Waals surface area contributed by atoms with Gasteiger partial charge in [0.2, 0.25) is 0 Å². The van der Waals surface area contributed by atoms with E-state index in [1.165, 1.54) is 22.3 Å². The van der Waals surface area contributed by atoms with E-state index in [1.807, 2.05) is 30.5 Å². The minimum absolute atomic E-state index is 0.268. The van der Waals surface area contributed by atoms with Gasteiger partial charge in [0.1, 0.15) is 5.82 Å². The van der Waals surface area contributed by atoms with E-state index in [4.69, 9.17) is 11.6 Å². The van der Waals surface area contributed by atoms with Crippen LogP contribution in [-0.4, -0.2) is 53.5 Å². The van der Waals surface area contributed by atoms with Gasteiger partial charge in [0.15, 0.2) is 0 Å². The van der Waals surface area contributed by atoms with Gasteiger partial charge in [0.05, 0.1) is 16.9 Å². The number of fused-ring (bicyclic) bond motifs is 1. The Morgan fingerprint density at radius 3 is 2.62 bits per heavy atom. The molecule has 0 atom stereocenters. The largest absolute Gasteiger partial charge is 0.338 e. The molecule has 0 amide bonds. The second kappa shape index (κ2) is 10.8. The average molecular weight is 513 g/mol. The first kappa shape index (κ1) is 25.7. The van der Waals surface area contributed by atoms with Gasteiger partial charge in [-0.15, -0.1) is 0 Å². The number of hydrogen-bond acceptors (Lipinski definition) is 3. The molecule has 37 heavy (non-hydrogen) atoms. The van der Waals surface area contributed by atoms with Crippen LogP contribution in [0.25, 0.3) is 22.6 Å². The Labute approximate surface area is 226 Å². The summed E-state index contributed by atoms with van der Waals surface area (Å²) in [5, 5.41) is 0.712. The lowest BCUT2D eigenvalue weighted by Gasteiger charge is -2.37. The van der Waals surface area contributed by atoms with Gasteiger partial charge in [0, 0.05) is 31.7 Å². The topological polar surface area (TPSA) is 35.2 Å². The van der Waals surface area contributed by atoms with Crippen molar-refractivity contribution >= 4 is 11.6 Å². The predicted octanol–water partition coefficient (Wildman–Crippen LogP) is 6.93. The number of aromatic nitrogens is 2. The molecule has 0 saturated heterocycles. The maximum absolute atomic E-state index is 6.64. The van der Waals surface area contributed by atoms with Crippen LogP contribution in [0, 0.1) is 5.41 Å². The smallest absolute Gasteiger partial charge is 0.139 e. The Morgan fingerprint density at radius 2 is 1.84 bits per heavy atom. The number of benzene rings is 3. The Bertz CT molecular complexity index is 1360. The third-order valence-corrected chi connectivity index (χ3v) is 7.51. The highest BCUT2D eigenvalue weighted by molar-refractivity contribution is 6.33. The number of halogens is 1. The zero-order valence-electron chi connectivity index (χ0n) is 22.4. The maximum Gasteiger partial charge on any atom is 0.139 e. The van der Waals surface area contributed by atoms with Crippen LogP contribution in [0.3, 0.4) is 0 Å². The lowest BCUT2D eigenvalue weighted by Crippen LogP contribution is -2.42. The van der Waals surface area contributed by atoms with E-state index in [-0.39, 0.29) is 5.41 Å². The fourth-order valence-corrected chi connectivity index (χ4v) is 6.07. The first-order valence-corrected chi connectivity index (χ1v) is 13.5. The van der Waals surface area contributed by atoms with Crippen LogP contribution < -0.4 is 0 Å².